The van der Waals surface area contributed by atoms with Gasteiger partial charge in [-0.2, -0.15) is 0 Å². The smallest absolute Gasteiger partial charge is 0.191 e. The van der Waals surface area contributed by atoms with Gasteiger partial charge in [0, 0.05) is 22.7 Å². The van der Waals surface area contributed by atoms with Crippen LogP contribution in [0.4, 0.5) is 0 Å². The van der Waals surface area contributed by atoms with Gasteiger partial charge in [0.05, 0.1) is 6.10 Å². The molecule has 2 aliphatic carbocycles. The number of rotatable bonds is 8. The van der Waals surface area contributed by atoms with Crippen molar-refractivity contribution in [3.63, 3.8) is 0 Å². The second-order valence-corrected chi connectivity index (χ2v) is 7.87. The molecule has 24 heavy (non-hydrogen) atoms. The molecule has 1 aromatic heterocycles. The topological polar surface area (TPSA) is 60.2 Å². The number of thioether (sulfide) groups is 1. The summed E-state index contributed by atoms with van der Waals surface area (Å²) in [7, 11) is 0. The largest absolute Gasteiger partial charge is 0.491 e. The Morgan fingerprint density at radius 1 is 1.21 bits per heavy atom. The Hall–Kier alpha value is -1.24. The van der Waals surface area contributed by atoms with Crippen LogP contribution >= 0.6 is 23.4 Å². The molecule has 0 aliphatic heterocycles. The summed E-state index contributed by atoms with van der Waals surface area (Å²) in [4.78, 5) is 0. The highest BCUT2D eigenvalue weighted by molar-refractivity contribution is 7.99. The van der Waals surface area contributed by atoms with Crippen LogP contribution in [0.1, 0.15) is 43.5 Å². The maximum absolute atomic E-state index is 10.2. The van der Waals surface area contributed by atoms with E-state index in [0.717, 1.165) is 11.0 Å². The Kier molecular flexibility index (Phi) is 4.70. The van der Waals surface area contributed by atoms with Crippen molar-refractivity contribution in [2.75, 3.05) is 12.4 Å². The first-order chi connectivity index (χ1) is 11.7. The zero-order chi connectivity index (χ0) is 16.5. The van der Waals surface area contributed by atoms with E-state index in [2.05, 4.69) is 14.8 Å². The fraction of sp³-hybridized carbons (Fsp3) is 0.529. The van der Waals surface area contributed by atoms with E-state index in [-0.39, 0.29) is 6.61 Å². The first kappa shape index (κ1) is 16.2. The normalized spacial score (nSPS) is 18.6. The molecule has 5 nitrogen and oxygen atoms in total. The number of hydrogen-bond donors (Lipinski definition) is 1. The van der Waals surface area contributed by atoms with Gasteiger partial charge in [0.15, 0.2) is 5.16 Å². The van der Waals surface area contributed by atoms with Crippen molar-refractivity contribution < 1.29 is 9.84 Å². The van der Waals surface area contributed by atoms with E-state index in [1.807, 2.05) is 0 Å². The molecule has 1 N–H and O–H groups in total. The van der Waals surface area contributed by atoms with Crippen molar-refractivity contribution in [2.24, 2.45) is 0 Å². The van der Waals surface area contributed by atoms with E-state index in [1.54, 1.807) is 36.0 Å². The molecule has 4 rings (SSSR count). The molecule has 2 aliphatic rings. The van der Waals surface area contributed by atoms with Gasteiger partial charge in [0.1, 0.15) is 18.2 Å². The van der Waals surface area contributed by atoms with Crippen LogP contribution < -0.4 is 4.74 Å². The minimum Gasteiger partial charge on any atom is -0.491 e. The number of aliphatic hydroxyl groups is 1. The van der Waals surface area contributed by atoms with Crippen LogP contribution in [0.3, 0.4) is 0 Å². The Bertz CT molecular complexity index is 698. The summed E-state index contributed by atoms with van der Waals surface area (Å²) in [6.07, 6.45) is 4.33. The third kappa shape index (κ3) is 3.87. The number of aromatic nitrogens is 3. The Balaban J connectivity index is 1.31. The number of halogens is 1. The average molecular weight is 366 g/mol. The summed E-state index contributed by atoms with van der Waals surface area (Å²) in [6.45, 7) is 0.252. The molecule has 0 radical (unpaired) electrons. The van der Waals surface area contributed by atoms with Crippen molar-refractivity contribution in [3.05, 3.63) is 35.1 Å². The summed E-state index contributed by atoms with van der Waals surface area (Å²) in [5, 5.41) is 20.5. The van der Waals surface area contributed by atoms with E-state index in [9.17, 15) is 5.11 Å². The van der Waals surface area contributed by atoms with Gasteiger partial charge < -0.3 is 14.4 Å². The van der Waals surface area contributed by atoms with Gasteiger partial charge in [-0.15, -0.1) is 10.2 Å². The highest BCUT2D eigenvalue weighted by Gasteiger charge is 2.36. The zero-order valence-electron chi connectivity index (χ0n) is 13.3. The van der Waals surface area contributed by atoms with E-state index < -0.39 is 6.10 Å². The monoisotopic (exact) mass is 365 g/mol. The van der Waals surface area contributed by atoms with Gasteiger partial charge in [-0.3, -0.25) is 0 Å². The molecule has 0 bridgehead atoms. The fourth-order valence-corrected chi connectivity index (χ4v) is 3.67. The molecule has 1 heterocycles. The van der Waals surface area contributed by atoms with Crippen molar-refractivity contribution in [2.45, 2.75) is 48.9 Å². The molecule has 1 unspecified atom stereocenters. The average Bonchev–Trinajstić information content (AvgIpc) is 3.51. The van der Waals surface area contributed by atoms with Gasteiger partial charge in [0.2, 0.25) is 0 Å². The Morgan fingerprint density at radius 2 is 1.96 bits per heavy atom. The molecule has 7 heteroatoms. The minimum atomic E-state index is -0.556. The summed E-state index contributed by atoms with van der Waals surface area (Å²) >= 11 is 7.41. The first-order valence-electron chi connectivity index (χ1n) is 8.34. The van der Waals surface area contributed by atoms with E-state index >= 15 is 0 Å². The quantitative estimate of drug-likeness (QED) is 0.723. The SMILES string of the molecule is OC(COc1ccc(Cl)cc1)CSc1nnc(C2CC2)n1C1CC1. The van der Waals surface area contributed by atoms with Crippen molar-refractivity contribution >= 4 is 23.4 Å². The molecular formula is C17H20ClN3O2S. The van der Waals surface area contributed by atoms with Crippen LogP contribution in [-0.4, -0.2) is 38.3 Å². The number of benzene rings is 1. The lowest BCUT2D eigenvalue weighted by molar-refractivity contribution is 0.126. The zero-order valence-corrected chi connectivity index (χ0v) is 14.8. The molecular weight excluding hydrogens is 346 g/mol. The third-order valence-electron chi connectivity index (χ3n) is 4.21. The van der Waals surface area contributed by atoms with Gasteiger partial charge in [-0.05, 0) is 49.9 Å². The molecule has 1 atom stereocenters. The second-order valence-electron chi connectivity index (χ2n) is 6.45. The van der Waals surface area contributed by atoms with E-state index in [4.69, 9.17) is 16.3 Å². The lowest BCUT2D eigenvalue weighted by Gasteiger charge is -2.13. The van der Waals surface area contributed by atoms with E-state index in [1.165, 1.54) is 25.7 Å². The van der Waals surface area contributed by atoms with Crippen molar-refractivity contribution in [1.82, 2.24) is 14.8 Å². The molecule has 2 fully saturated rings. The maximum Gasteiger partial charge on any atom is 0.191 e. The lowest BCUT2D eigenvalue weighted by Crippen LogP contribution is -2.20. The predicted molar refractivity (Wildman–Crippen MR) is 93.9 cm³/mol. The highest BCUT2D eigenvalue weighted by atomic mass is 35.5. The van der Waals surface area contributed by atoms with Crippen LogP contribution in [0, 0.1) is 0 Å². The number of nitrogens with zero attached hydrogens (tertiary/aromatic N) is 3. The van der Waals surface area contributed by atoms with Gasteiger partial charge >= 0.3 is 0 Å². The second kappa shape index (κ2) is 6.94. The number of aliphatic hydroxyl groups excluding tert-OH is 1. The number of ether oxygens (including phenoxy) is 1. The lowest BCUT2D eigenvalue weighted by atomic mass is 10.3. The molecule has 2 saturated carbocycles. The maximum atomic E-state index is 10.2. The molecule has 2 aromatic rings. The molecule has 0 saturated heterocycles. The highest BCUT2D eigenvalue weighted by Crippen LogP contribution is 2.46. The standard InChI is InChI=1S/C17H20ClN3O2S/c18-12-3-7-15(8-4-12)23-9-14(22)10-24-17-20-19-16(11-1-2-11)21(17)13-5-6-13/h3-4,7-8,11,13-14,22H,1-2,5-6,9-10H2. The summed E-state index contributed by atoms with van der Waals surface area (Å²) in [5.41, 5.74) is 0. The van der Waals surface area contributed by atoms with Crippen LogP contribution in [0.15, 0.2) is 29.4 Å². The summed E-state index contributed by atoms with van der Waals surface area (Å²) in [5.74, 6) is 3.00. The number of hydrogen-bond acceptors (Lipinski definition) is 5. The van der Waals surface area contributed by atoms with E-state index in [0.29, 0.717) is 28.5 Å². The first-order valence-corrected chi connectivity index (χ1v) is 9.71. The van der Waals surface area contributed by atoms with Crippen LogP contribution in [-0.2, 0) is 0 Å². The summed E-state index contributed by atoms with van der Waals surface area (Å²) in [6, 6.07) is 7.72. The molecule has 0 spiro atoms. The van der Waals surface area contributed by atoms with Crippen LogP contribution in [0.25, 0.3) is 0 Å². The predicted octanol–water partition coefficient (Wildman–Crippen LogP) is 3.68. The third-order valence-corrected chi connectivity index (χ3v) is 5.55. The van der Waals surface area contributed by atoms with Gasteiger partial charge in [-0.1, -0.05) is 23.4 Å². The summed E-state index contributed by atoms with van der Waals surface area (Å²) < 4.78 is 7.89. The fourth-order valence-electron chi connectivity index (χ4n) is 2.62. The Morgan fingerprint density at radius 3 is 2.62 bits per heavy atom. The molecule has 0 amide bonds. The van der Waals surface area contributed by atoms with Crippen LogP contribution in [0.5, 0.6) is 5.75 Å². The van der Waals surface area contributed by atoms with Gasteiger partial charge in [-0.25, -0.2) is 0 Å². The minimum absolute atomic E-state index is 0.252. The molecule has 128 valence electrons. The Labute approximate surface area is 150 Å². The van der Waals surface area contributed by atoms with Crippen LogP contribution in [0.2, 0.25) is 5.02 Å². The molecule has 1 aromatic carbocycles. The van der Waals surface area contributed by atoms with Crippen molar-refractivity contribution in [1.29, 1.82) is 0 Å². The van der Waals surface area contributed by atoms with Gasteiger partial charge in [0.25, 0.3) is 0 Å². The van der Waals surface area contributed by atoms with Crippen molar-refractivity contribution in [3.8, 4) is 5.75 Å².